The molecule has 2 amide bonds. The van der Waals surface area contributed by atoms with E-state index in [-0.39, 0.29) is 17.7 Å². The third-order valence-corrected chi connectivity index (χ3v) is 5.84. The van der Waals surface area contributed by atoms with Crippen LogP contribution < -0.4 is 10.6 Å². The van der Waals surface area contributed by atoms with E-state index in [2.05, 4.69) is 15.5 Å². The molecule has 1 fully saturated rings. The lowest BCUT2D eigenvalue weighted by molar-refractivity contribution is -0.121. The topological polar surface area (TPSA) is 70.7 Å². The van der Waals surface area contributed by atoms with Gasteiger partial charge in [-0.05, 0) is 49.6 Å². The Morgan fingerprint density at radius 3 is 2.74 bits per heavy atom. The van der Waals surface area contributed by atoms with Crippen molar-refractivity contribution in [1.29, 1.82) is 0 Å². The molecule has 2 aromatic carbocycles. The van der Waals surface area contributed by atoms with Crippen molar-refractivity contribution in [3.8, 4) is 0 Å². The van der Waals surface area contributed by atoms with E-state index in [4.69, 9.17) is 16.3 Å². The van der Waals surface area contributed by atoms with Gasteiger partial charge in [0, 0.05) is 38.4 Å². The smallest absolute Gasteiger partial charge is 0.253 e. The number of benzene rings is 2. The standard InChI is InChI=1S/C24H30ClN3O3/c1-31-15-7-13-26-24(30)20-10-3-5-12-22(20)27-23(29)19-9-6-14-28(17-19)16-18-8-2-4-11-21(18)25/h2-5,8,10-12,19H,6-7,9,13-17H2,1H3,(H,26,30)(H,27,29)/t19-/m0/s1. The minimum Gasteiger partial charge on any atom is -0.385 e. The number of methoxy groups -OCH3 is 1. The first-order valence-electron chi connectivity index (χ1n) is 10.7. The van der Waals surface area contributed by atoms with Gasteiger partial charge in [-0.25, -0.2) is 0 Å². The number of hydrogen-bond acceptors (Lipinski definition) is 4. The molecule has 166 valence electrons. The average molecular weight is 444 g/mol. The first-order chi connectivity index (χ1) is 15.1. The number of rotatable bonds is 9. The number of hydrogen-bond donors (Lipinski definition) is 2. The Labute approximate surface area is 188 Å². The highest BCUT2D eigenvalue weighted by Crippen LogP contribution is 2.24. The van der Waals surface area contributed by atoms with Crippen LogP contribution in [0.15, 0.2) is 48.5 Å². The van der Waals surface area contributed by atoms with E-state index in [1.165, 1.54) is 0 Å². The SMILES string of the molecule is COCCCNC(=O)c1ccccc1NC(=O)[C@H]1CCCN(Cc2ccccc2Cl)C1. The van der Waals surface area contributed by atoms with Crippen LogP contribution in [0, 0.1) is 5.92 Å². The Hall–Kier alpha value is -2.41. The first-order valence-corrected chi connectivity index (χ1v) is 11.1. The monoisotopic (exact) mass is 443 g/mol. The molecule has 7 heteroatoms. The molecule has 0 aliphatic carbocycles. The Morgan fingerprint density at radius 2 is 1.94 bits per heavy atom. The molecule has 1 aliphatic heterocycles. The molecule has 0 aromatic heterocycles. The van der Waals surface area contributed by atoms with Gasteiger partial charge in [-0.15, -0.1) is 0 Å². The number of anilines is 1. The molecule has 1 aliphatic rings. The second-order valence-electron chi connectivity index (χ2n) is 7.80. The Morgan fingerprint density at radius 1 is 1.16 bits per heavy atom. The van der Waals surface area contributed by atoms with Crippen molar-refractivity contribution in [3.63, 3.8) is 0 Å². The van der Waals surface area contributed by atoms with Crippen LogP contribution in [-0.4, -0.2) is 50.1 Å². The number of para-hydroxylation sites is 1. The predicted molar refractivity (Wildman–Crippen MR) is 123 cm³/mol. The molecule has 3 rings (SSSR count). The number of amides is 2. The molecule has 0 bridgehead atoms. The summed E-state index contributed by atoms with van der Waals surface area (Å²) in [6.07, 6.45) is 2.51. The zero-order valence-electron chi connectivity index (χ0n) is 17.9. The minimum atomic E-state index is -0.198. The van der Waals surface area contributed by atoms with E-state index in [0.29, 0.717) is 30.9 Å². The summed E-state index contributed by atoms with van der Waals surface area (Å²) in [7, 11) is 1.63. The summed E-state index contributed by atoms with van der Waals surface area (Å²) >= 11 is 6.30. The molecule has 1 atom stereocenters. The van der Waals surface area contributed by atoms with E-state index < -0.39 is 0 Å². The lowest BCUT2D eigenvalue weighted by Gasteiger charge is -2.32. The molecule has 0 saturated carbocycles. The van der Waals surface area contributed by atoms with E-state index in [1.807, 2.05) is 30.3 Å². The van der Waals surface area contributed by atoms with Crippen molar-refractivity contribution < 1.29 is 14.3 Å². The number of likely N-dealkylation sites (tertiary alicyclic amines) is 1. The van der Waals surface area contributed by atoms with E-state index in [1.54, 1.807) is 25.3 Å². The molecular formula is C24H30ClN3O3. The van der Waals surface area contributed by atoms with Crippen LogP contribution in [0.1, 0.15) is 35.2 Å². The van der Waals surface area contributed by atoms with Crippen molar-refractivity contribution in [2.75, 3.05) is 38.7 Å². The third-order valence-electron chi connectivity index (χ3n) is 5.47. The molecule has 2 N–H and O–H groups in total. The normalized spacial score (nSPS) is 16.6. The Balaban J connectivity index is 1.59. The van der Waals surface area contributed by atoms with Crippen LogP contribution in [0.5, 0.6) is 0 Å². The Kier molecular flexibility index (Phi) is 8.88. The molecular weight excluding hydrogens is 414 g/mol. The van der Waals surface area contributed by atoms with Crippen molar-refractivity contribution in [2.45, 2.75) is 25.8 Å². The second kappa shape index (κ2) is 11.8. The van der Waals surface area contributed by atoms with Gasteiger partial charge in [-0.1, -0.05) is 41.9 Å². The van der Waals surface area contributed by atoms with Crippen molar-refractivity contribution >= 4 is 29.1 Å². The fraction of sp³-hybridized carbons (Fsp3) is 0.417. The molecule has 0 unspecified atom stereocenters. The summed E-state index contributed by atoms with van der Waals surface area (Å²) in [5, 5.41) is 6.61. The maximum absolute atomic E-state index is 13.0. The highest BCUT2D eigenvalue weighted by Gasteiger charge is 2.27. The third kappa shape index (κ3) is 6.79. The number of nitrogens with one attached hydrogen (secondary N) is 2. The van der Waals surface area contributed by atoms with Gasteiger partial charge >= 0.3 is 0 Å². The van der Waals surface area contributed by atoms with E-state index >= 15 is 0 Å². The number of carbonyl (C=O) groups is 2. The fourth-order valence-electron chi connectivity index (χ4n) is 3.82. The predicted octanol–water partition coefficient (Wildman–Crippen LogP) is 3.96. The average Bonchev–Trinajstić information content (AvgIpc) is 2.79. The van der Waals surface area contributed by atoms with Crippen LogP contribution in [0.2, 0.25) is 5.02 Å². The molecule has 2 aromatic rings. The molecule has 1 saturated heterocycles. The van der Waals surface area contributed by atoms with E-state index in [9.17, 15) is 9.59 Å². The second-order valence-corrected chi connectivity index (χ2v) is 8.21. The van der Waals surface area contributed by atoms with Gasteiger partial charge in [0.1, 0.15) is 0 Å². The van der Waals surface area contributed by atoms with Crippen LogP contribution in [0.25, 0.3) is 0 Å². The largest absolute Gasteiger partial charge is 0.385 e. The molecule has 0 radical (unpaired) electrons. The zero-order chi connectivity index (χ0) is 22.1. The van der Waals surface area contributed by atoms with Crippen molar-refractivity contribution in [1.82, 2.24) is 10.2 Å². The van der Waals surface area contributed by atoms with Gasteiger partial charge in [0.2, 0.25) is 5.91 Å². The van der Waals surface area contributed by atoms with Gasteiger partial charge in [-0.3, -0.25) is 14.5 Å². The highest BCUT2D eigenvalue weighted by atomic mass is 35.5. The molecule has 1 heterocycles. The van der Waals surface area contributed by atoms with Gasteiger partial charge < -0.3 is 15.4 Å². The number of carbonyl (C=O) groups excluding carboxylic acids is 2. The van der Waals surface area contributed by atoms with E-state index in [0.717, 1.165) is 42.9 Å². The minimum absolute atomic E-state index is 0.0523. The summed E-state index contributed by atoms with van der Waals surface area (Å²) < 4.78 is 5.01. The van der Waals surface area contributed by atoms with Gasteiger partial charge in [-0.2, -0.15) is 0 Å². The lowest BCUT2D eigenvalue weighted by atomic mass is 9.96. The van der Waals surface area contributed by atoms with Gasteiger partial charge in [0.25, 0.3) is 5.91 Å². The van der Waals surface area contributed by atoms with Gasteiger partial charge in [0.05, 0.1) is 17.2 Å². The summed E-state index contributed by atoms with van der Waals surface area (Å²) in [5.74, 6) is -0.381. The summed E-state index contributed by atoms with van der Waals surface area (Å²) in [6.45, 7) is 3.45. The quantitative estimate of drug-likeness (QED) is 0.575. The van der Waals surface area contributed by atoms with Gasteiger partial charge in [0.15, 0.2) is 0 Å². The number of nitrogens with zero attached hydrogens (tertiary/aromatic N) is 1. The molecule has 6 nitrogen and oxygen atoms in total. The highest BCUT2D eigenvalue weighted by molar-refractivity contribution is 6.31. The Bertz CT molecular complexity index is 890. The summed E-state index contributed by atoms with van der Waals surface area (Å²) in [6, 6.07) is 14.9. The zero-order valence-corrected chi connectivity index (χ0v) is 18.7. The molecule has 31 heavy (non-hydrogen) atoms. The number of halogens is 1. The number of ether oxygens (including phenoxy) is 1. The van der Waals surface area contributed by atoms with Crippen molar-refractivity contribution in [2.24, 2.45) is 5.92 Å². The summed E-state index contributed by atoms with van der Waals surface area (Å²) in [4.78, 5) is 27.8. The first kappa shape index (κ1) is 23.3. The molecule has 0 spiro atoms. The maximum atomic E-state index is 13.0. The lowest BCUT2D eigenvalue weighted by Crippen LogP contribution is -2.40. The van der Waals surface area contributed by atoms with Crippen LogP contribution >= 0.6 is 11.6 Å². The van der Waals surface area contributed by atoms with Crippen LogP contribution in [0.3, 0.4) is 0 Å². The fourth-order valence-corrected chi connectivity index (χ4v) is 4.01. The van der Waals surface area contributed by atoms with Crippen LogP contribution in [-0.2, 0) is 16.1 Å². The van der Waals surface area contributed by atoms with Crippen LogP contribution in [0.4, 0.5) is 5.69 Å². The maximum Gasteiger partial charge on any atom is 0.253 e. The summed E-state index contributed by atoms with van der Waals surface area (Å²) in [5.41, 5.74) is 2.08. The number of piperidine rings is 1. The van der Waals surface area contributed by atoms with Crippen molar-refractivity contribution in [3.05, 3.63) is 64.7 Å².